The molecule has 1 aliphatic rings. The molecule has 1 N–H and O–H groups in total. The van der Waals surface area contributed by atoms with E-state index in [2.05, 4.69) is 0 Å². The highest BCUT2D eigenvalue weighted by atomic mass is 19.1. The van der Waals surface area contributed by atoms with Crippen LogP contribution in [0, 0.1) is 12.7 Å². The van der Waals surface area contributed by atoms with Crippen LogP contribution in [0.3, 0.4) is 0 Å². The van der Waals surface area contributed by atoms with Gasteiger partial charge in [-0.25, -0.2) is 4.39 Å². The summed E-state index contributed by atoms with van der Waals surface area (Å²) in [6.07, 6.45) is 3.03. The molecule has 94 valence electrons. The Balaban J connectivity index is 2.35. The molecule has 1 aromatic carbocycles. The molecule has 1 atom stereocenters. The topological polar surface area (TPSA) is 29.5 Å². The Kier molecular flexibility index (Phi) is 3.50. The minimum absolute atomic E-state index is 0.311. The molecule has 3 heteroatoms. The van der Waals surface area contributed by atoms with Crippen LogP contribution in [-0.2, 0) is 4.74 Å². The maximum absolute atomic E-state index is 13.3. The zero-order valence-corrected chi connectivity index (χ0v) is 10.4. The maximum atomic E-state index is 13.3. The first-order valence-electron chi connectivity index (χ1n) is 6.08. The van der Waals surface area contributed by atoms with Crippen LogP contribution in [-0.4, -0.2) is 17.8 Å². The number of methoxy groups -OCH3 is 1. The van der Waals surface area contributed by atoms with Gasteiger partial charge in [-0.15, -0.1) is 0 Å². The Morgan fingerprint density at radius 3 is 2.59 bits per heavy atom. The minimum atomic E-state index is -0.745. The first-order chi connectivity index (χ1) is 8.09. The van der Waals surface area contributed by atoms with Crippen molar-refractivity contribution >= 4 is 0 Å². The summed E-state index contributed by atoms with van der Waals surface area (Å²) in [5.41, 5.74) is 1.02. The number of rotatable bonds is 3. The van der Waals surface area contributed by atoms with Crippen molar-refractivity contribution in [3.8, 4) is 0 Å². The van der Waals surface area contributed by atoms with E-state index in [-0.39, 0.29) is 5.82 Å². The Labute approximate surface area is 101 Å². The standard InChI is InChI=1S/C14H19FO2/c1-10-5-6-11(15)9-12(10)13(16)14(17-2)7-3-4-8-14/h5-6,9,13,16H,3-4,7-8H2,1-2H3. The lowest BCUT2D eigenvalue weighted by molar-refractivity contribution is -0.100. The highest BCUT2D eigenvalue weighted by Gasteiger charge is 2.42. The van der Waals surface area contributed by atoms with E-state index in [9.17, 15) is 9.50 Å². The molecule has 2 rings (SSSR count). The Bertz CT molecular complexity index is 397. The number of benzene rings is 1. The highest BCUT2D eigenvalue weighted by Crippen LogP contribution is 2.43. The summed E-state index contributed by atoms with van der Waals surface area (Å²) in [4.78, 5) is 0. The fourth-order valence-corrected chi connectivity index (χ4v) is 2.75. The summed E-state index contributed by atoms with van der Waals surface area (Å²) in [5.74, 6) is -0.311. The molecule has 0 aliphatic heterocycles. The number of aliphatic hydroxyl groups is 1. The van der Waals surface area contributed by atoms with Crippen LogP contribution < -0.4 is 0 Å². The van der Waals surface area contributed by atoms with Crippen LogP contribution >= 0.6 is 0 Å². The van der Waals surface area contributed by atoms with Crippen molar-refractivity contribution in [2.75, 3.05) is 7.11 Å². The molecule has 1 aliphatic carbocycles. The lowest BCUT2D eigenvalue weighted by Crippen LogP contribution is -2.35. The maximum Gasteiger partial charge on any atom is 0.123 e. The minimum Gasteiger partial charge on any atom is -0.385 e. The van der Waals surface area contributed by atoms with Gasteiger partial charge in [0.25, 0.3) is 0 Å². The van der Waals surface area contributed by atoms with Crippen LogP contribution in [0.4, 0.5) is 4.39 Å². The van der Waals surface area contributed by atoms with Gasteiger partial charge in [-0.2, -0.15) is 0 Å². The third kappa shape index (κ3) is 2.22. The smallest absolute Gasteiger partial charge is 0.123 e. The van der Waals surface area contributed by atoms with Crippen molar-refractivity contribution in [1.82, 2.24) is 0 Å². The second-order valence-electron chi connectivity index (χ2n) is 4.88. The highest BCUT2D eigenvalue weighted by molar-refractivity contribution is 5.30. The molecule has 0 saturated heterocycles. The largest absolute Gasteiger partial charge is 0.385 e. The molecular weight excluding hydrogens is 219 g/mol. The first-order valence-corrected chi connectivity index (χ1v) is 6.08. The van der Waals surface area contributed by atoms with E-state index >= 15 is 0 Å². The second kappa shape index (κ2) is 4.75. The van der Waals surface area contributed by atoms with Gasteiger partial charge in [0.15, 0.2) is 0 Å². The van der Waals surface area contributed by atoms with Gasteiger partial charge in [-0.1, -0.05) is 18.9 Å². The van der Waals surface area contributed by atoms with E-state index in [4.69, 9.17) is 4.74 Å². The summed E-state index contributed by atoms with van der Waals surface area (Å²) in [7, 11) is 1.63. The molecular formula is C14H19FO2. The molecule has 0 heterocycles. The first kappa shape index (κ1) is 12.5. The predicted octanol–water partition coefficient (Wildman–Crippen LogP) is 3.13. The molecule has 1 aromatic rings. The molecule has 1 saturated carbocycles. The third-order valence-corrected chi connectivity index (χ3v) is 3.89. The van der Waals surface area contributed by atoms with Crippen LogP contribution in [0.1, 0.15) is 42.9 Å². The number of aryl methyl sites for hydroxylation is 1. The summed E-state index contributed by atoms with van der Waals surface area (Å²) >= 11 is 0. The van der Waals surface area contributed by atoms with Crippen LogP contribution in [0.5, 0.6) is 0 Å². The number of aliphatic hydroxyl groups excluding tert-OH is 1. The van der Waals surface area contributed by atoms with E-state index in [1.165, 1.54) is 12.1 Å². The summed E-state index contributed by atoms with van der Waals surface area (Å²) in [6.45, 7) is 1.89. The van der Waals surface area contributed by atoms with Crippen LogP contribution in [0.25, 0.3) is 0 Å². The fourth-order valence-electron chi connectivity index (χ4n) is 2.75. The van der Waals surface area contributed by atoms with Gasteiger partial charge in [0.1, 0.15) is 11.9 Å². The van der Waals surface area contributed by atoms with E-state index in [0.717, 1.165) is 31.2 Å². The average molecular weight is 238 g/mol. The van der Waals surface area contributed by atoms with E-state index in [0.29, 0.717) is 5.56 Å². The van der Waals surface area contributed by atoms with Crippen molar-refractivity contribution in [3.63, 3.8) is 0 Å². The molecule has 1 unspecified atom stereocenters. The van der Waals surface area contributed by atoms with E-state index in [1.54, 1.807) is 13.2 Å². The van der Waals surface area contributed by atoms with Crippen molar-refractivity contribution in [1.29, 1.82) is 0 Å². The Morgan fingerprint density at radius 2 is 2.00 bits per heavy atom. The third-order valence-electron chi connectivity index (χ3n) is 3.89. The molecule has 0 bridgehead atoms. The Morgan fingerprint density at radius 1 is 1.35 bits per heavy atom. The monoisotopic (exact) mass is 238 g/mol. The van der Waals surface area contributed by atoms with Crippen molar-refractivity contribution in [2.24, 2.45) is 0 Å². The lowest BCUT2D eigenvalue weighted by Gasteiger charge is -2.33. The van der Waals surface area contributed by atoms with Gasteiger partial charge in [-0.05, 0) is 43.0 Å². The van der Waals surface area contributed by atoms with Crippen molar-refractivity contribution < 1.29 is 14.2 Å². The molecule has 1 fully saturated rings. The number of ether oxygens (including phenoxy) is 1. The molecule has 0 amide bonds. The summed E-state index contributed by atoms with van der Waals surface area (Å²) in [6, 6.07) is 4.53. The van der Waals surface area contributed by atoms with E-state index < -0.39 is 11.7 Å². The normalized spacial score (nSPS) is 20.5. The van der Waals surface area contributed by atoms with Crippen LogP contribution in [0.15, 0.2) is 18.2 Å². The van der Waals surface area contributed by atoms with Crippen LogP contribution in [0.2, 0.25) is 0 Å². The quantitative estimate of drug-likeness (QED) is 0.876. The number of hydrogen-bond acceptors (Lipinski definition) is 2. The van der Waals surface area contributed by atoms with Crippen molar-refractivity contribution in [2.45, 2.75) is 44.3 Å². The summed E-state index contributed by atoms with van der Waals surface area (Å²) < 4.78 is 18.8. The van der Waals surface area contributed by atoms with Gasteiger partial charge in [0, 0.05) is 7.11 Å². The van der Waals surface area contributed by atoms with Gasteiger partial charge in [0.2, 0.25) is 0 Å². The Hall–Kier alpha value is -0.930. The number of halogens is 1. The van der Waals surface area contributed by atoms with Gasteiger partial charge >= 0.3 is 0 Å². The fraction of sp³-hybridized carbons (Fsp3) is 0.571. The summed E-state index contributed by atoms with van der Waals surface area (Å²) in [5, 5.41) is 10.5. The van der Waals surface area contributed by atoms with Gasteiger partial charge in [-0.3, -0.25) is 0 Å². The average Bonchev–Trinajstić information content (AvgIpc) is 2.81. The van der Waals surface area contributed by atoms with E-state index in [1.807, 2.05) is 6.92 Å². The SMILES string of the molecule is COC1(C(O)c2cc(F)ccc2C)CCCC1. The molecule has 0 spiro atoms. The van der Waals surface area contributed by atoms with Gasteiger partial charge < -0.3 is 9.84 Å². The zero-order valence-electron chi connectivity index (χ0n) is 10.4. The molecule has 0 radical (unpaired) electrons. The molecule has 17 heavy (non-hydrogen) atoms. The molecule has 2 nitrogen and oxygen atoms in total. The zero-order chi connectivity index (χ0) is 12.5. The number of hydrogen-bond donors (Lipinski definition) is 1. The predicted molar refractivity (Wildman–Crippen MR) is 64.3 cm³/mol. The van der Waals surface area contributed by atoms with Gasteiger partial charge in [0.05, 0.1) is 5.60 Å². The second-order valence-corrected chi connectivity index (χ2v) is 4.88. The van der Waals surface area contributed by atoms with Crippen molar-refractivity contribution in [3.05, 3.63) is 35.1 Å². The lowest BCUT2D eigenvalue weighted by atomic mass is 9.87. The molecule has 0 aromatic heterocycles.